The summed E-state index contributed by atoms with van der Waals surface area (Å²) in [5, 5.41) is 26.2. The van der Waals surface area contributed by atoms with Crippen LogP contribution in [0.25, 0.3) is 5.82 Å². The normalized spacial score (nSPS) is 17.4. The minimum atomic E-state index is -1.06. The van der Waals surface area contributed by atoms with Crippen molar-refractivity contribution in [1.82, 2.24) is 35.4 Å². The molecule has 0 fully saturated rings. The van der Waals surface area contributed by atoms with Crippen LogP contribution in [0.4, 0.5) is 11.8 Å². The fourth-order valence-electron chi connectivity index (χ4n) is 3.70. The van der Waals surface area contributed by atoms with E-state index in [4.69, 9.17) is 0 Å². The Labute approximate surface area is 209 Å². The average molecular weight is 494 g/mol. The van der Waals surface area contributed by atoms with E-state index in [0.29, 0.717) is 55.6 Å². The summed E-state index contributed by atoms with van der Waals surface area (Å²) in [6.07, 6.45) is 9.06. The first-order chi connectivity index (χ1) is 17.6. The third kappa shape index (κ3) is 6.98. The van der Waals surface area contributed by atoms with Crippen LogP contribution >= 0.6 is 0 Å². The minimum Gasteiger partial charge on any atom is -0.383 e. The minimum absolute atomic E-state index is 0.284. The highest BCUT2D eigenvalue weighted by atomic mass is 16.3. The van der Waals surface area contributed by atoms with Crippen LogP contribution in [-0.2, 0) is 11.3 Å². The number of hydrogen-bond acceptors (Lipinski definition) is 9. The van der Waals surface area contributed by atoms with Gasteiger partial charge in [0.25, 0.3) is 5.91 Å². The first kappa shape index (κ1) is 25.0. The van der Waals surface area contributed by atoms with E-state index in [2.05, 4.69) is 41.3 Å². The van der Waals surface area contributed by atoms with Crippen molar-refractivity contribution < 1.29 is 14.7 Å². The van der Waals surface area contributed by atoms with E-state index in [0.717, 1.165) is 24.8 Å². The van der Waals surface area contributed by atoms with Gasteiger partial charge in [0.2, 0.25) is 11.9 Å². The zero-order valence-electron chi connectivity index (χ0n) is 20.0. The highest BCUT2D eigenvalue weighted by Gasteiger charge is 2.17. The summed E-state index contributed by atoms with van der Waals surface area (Å²) in [5.41, 5.74) is 1.14. The molecule has 2 amide bonds. The van der Waals surface area contributed by atoms with Crippen molar-refractivity contribution in [2.45, 2.75) is 44.8 Å². The van der Waals surface area contributed by atoms with E-state index in [1.54, 1.807) is 23.3 Å². The Morgan fingerprint density at radius 3 is 2.67 bits per heavy atom. The molecule has 1 aliphatic rings. The number of nitrogens with zero attached hydrogens (tertiary/aromatic N) is 5. The fraction of sp³-hybridized carbons (Fsp3) is 0.417. The van der Waals surface area contributed by atoms with Crippen molar-refractivity contribution in [1.29, 1.82) is 0 Å². The molecule has 0 aromatic carbocycles. The molecule has 4 rings (SSSR count). The molecular weight excluding hydrogens is 462 g/mol. The van der Waals surface area contributed by atoms with Crippen LogP contribution in [0, 0.1) is 0 Å². The zero-order chi connectivity index (χ0) is 25.2. The van der Waals surface area contributed by atoms with Crippen molar-refractivity contribution >= 4 is 23.6 Å². The quantitative estimate of drug-likeness (QED) is 0.360. The summed E-state index contributed by atoms with van der Waals surface area (Å²) < 4.78 is 1.66. The van der Waals surface area contributed by atoms with Crippen LogP contribution in [0.5, 0.6) is 0 Å². The number of hydrogen-bond donors (Lipinski definition) is 5. The molecule has 0 spiro atoms. The smallest absolute Gasteiger partial charge is 0.256 e. The molecule has 0 saturated carbocycles. The molecule has 190 valence electrons. The molecule has 3 aromatic heterocycles. The Kier molecular flexibility index (Phi) is 8.76. The lowest BCUT2D eigenvalue weighted by Gasteiger charge is -2.15. The molecule has 1 aliphatic heterocycles. The molecule has 0 aliphatic carbocycles. The number of carbonyl (C=O) groups excluding carboxylic acids is 2. The maximum Gasteiger partial charge on any atom is 0.256 e. The highest BCUT2D eigenvalue weighted by Crippen LogP contribution is 2.16. The van der Waals surface area contributed by atoms with Gasteiger partial charge in [-0.05, 0) is 49.8 Å². The standard InChI is InChI=1S/C24H31N9O3/c34-19-6-4-11-25-21-18(16-30-24(32-21)27-10-3-1-2-9-26-23(19)36)22(35)29-15-17-7-8-20(28-14-17)33-13-5-12-31-33/h5,7-8,12-14,16,19,34H,1-4,6,9-11,15H2,(H,26,36)(H,29,35)(H2,25,27,30,32). The van der Waals surface area contributed by atoms with Crippen LogP contribution in [-0.4, -0.2) is 67.4 Å². The van der Waals surface area contributed by atoms with Gasteiger partial charge in [-0.15, -0.1) is 0 Å². The van der Waals surface area contributed by atoms with Gasteiger partial charge in [-0.25, -0.2) is 14.6 Å². The summed E-state index contributed by atoms with van der Waals surface area (Å²) in [6.45, 7) is 1.93. The number of aromatic nitrogens is 5. The first-order valence-electron chi connectivity index (χ1n) is 12.1. The van der Waals surface area contributed by atoms with Gasteiger partial charge in [-0.3, -0.25) is 9.59 Å². The van der Waals surface area contributed by atoms with Gasteiger partial charge in [0.15, 0.2) is 5.82 Å². The van der Waals surface area contributed by atoms with Gasteiger partial charge >= 0.3 is 0 Å². The van der Waals surface area contributed by atoms with Crippen molar-refractivity contribution in [2.24, 2.45) is 0 Å². The number of aliphatic hydroxyl groups is 1. The van der Waals surface area contributed by atoms with E-state index in [9.17, 15) is 14.7 Å². The monoisotopic (exact) mass is 493 g/mol. The maximum atomic E-state index is 13.0. The summed E-state index contributed by atoms with van der Waals surface area (Å²) in [6, 6.07) is 5.53. The number of amides is 2. The second kappa shape index (κ2) is 12.6. The molecule has 1 unspecified atom stereocenters. The molecule has 4 heterocycles. The van der Waals surface area contributed by atoms with E-state index in [-0.39, 0.29) is 18.4 Å². The zero-order valence-corrected chi connectivity index (χ0v) is 20.0. The number of carbonyl (C=O) groups is 2. The average Bonchev–Trinajstić information content (AvgIpc) is 3.44. The third-order valence-electron chi connectivity index (χ3n) is 5.72. The largest absolute Gasteiger partial charge is 0.383 e. The summed E-state index contributed by atoms with van der Waals surface area (Å²) in [7, 11) is 0. The van der Waals surface area contributed by atoms with Gasteiger partial charge in [-0.2, -0.15) is 10.1 Å². The molecule has 1 atom stereocenters. The molecular formula is C24H31N9O3. The predicted molar refractivity (Wildman–Crippen MR) is 134 cm³/mol. The number of rotatable bonds is 4. The van der Waals surface area contributed by atoms with Crippen LogP contribution in [0.15, 0.2) is 43.0 Å². The first-order valence-corrected chi connectivity index (χ1v) is 12.1. The molecule has 2 bridgehead atoms. The lowest BCUT2D eigenvalue weighted by Crippen LogP contribution is -2.35. The molecule has 12 heteroatoms. The lowest BCUT2D eigenvalue weighted by molar-refractivity contribution is -0.129. The van der Waals surface area contributed by atoms with E-state index in [1.165, 1.54) is 6.20 Å². The highest BCUT2D eigenvalue weighted by molar-refractivity contribution is 5.98. The van der Waals surface area contributed by atoms with E-state index >= 15 is 0 Å². The van der Waals surface area contributed by atoms with E-state index < -0.39 is 6.10 Å². The Morgan fingerprint density at radius 2 is 1.89 bits per heavy atom. The van der Waals surface area contributed by atoms with Crippen molar-refractivity contribution in [3.63, 3.8) is 0 Å². The number of nitrogens with one attached hydrogen (secondary N) is 4. The third-order valence-corrected chi connectivity index (χ3v) is 5.72. The number of pyridine rings is 1. The van der Waals surface area contributed by atoms with Crippen molar-refractivity contribution in [3.05, 3.63) is 54.1 Å². The topological polar surface area (TPSA) is 159 Å². The van der Waals surface area contributed by atoms with Crippen LogP contribution in [0.3, 0.4) is 0 Å². The molecule has 3 aromatic rings. The second-order valence-corrected chi connectivity index (χ2v) is 8.48. The van der Waals surface area contributed by atoms with Crippen molar-refractivity contribution in [2.75, 3.05) is 30.3 Å². The van der Waals surface area contributed by atoms with Gasteiger partial charge in [0.1, 0.15) is 17.5 Å². The molecule has 0 saturated heterocycles. The predicted octanol–water partition coefficient (Wildman–Crippen LogP) is 1.25. The molecule has 36 heavy (non-hydrogen) atoms. The summed E-state index contributed by atoms with van der Waals surface area (Å²) in [5.74, 6) is 0.841. The van der Waals surface area contributed by atoms with Crippen LogP contribution in [0.1, 0.15) is 48.0 Å². The van der Waals surface area contributed by atoms with Gasteiger partial charge < -0.3 is 26.4 Å². The van der Waals surface area contributed by atoms with Gasteiger partial charge in [0.05, 0.1) is 0 Å². The van der Waals surface area contributed by atoms with E-state index in [1.807, 2.05) is 18.2 Å². The fourth-order valence-corrected chi connectivity index (χ4v) is 3.70. The molecule has 5 N–H and O–H groups in total. The van der Waals surface area contributed by atoms with Crippen LogP contribution < -0.4 is 21.3 Å². The summed E-state index contributed by atoms with van der Waals surface area (Å²) in [4.78, 5) is 38.1. The van der Waals surface area contributed by atoms with Crippen molar-refractivity contribution in [3.8, 4) is 5.82 Å². The Bertz CT molecular complexity index is 1140. The number of fused-ring (bicyclic) bond motifs is 2. The summed E-state index contributed by atoms with van der Waals surface area (Å²) >= 11 is 0. The molecule has 12 nitrogen and oxygen atoms in total. The Morgan fingerprint density at radius 1 is 1.06 bits per heavy atom. The van der Waals surface area contributed by atoms with Gasteiger partial charge in [0, 0.05) is 51.0 Å². The number of anilines is 2. The SMILES string of the molecule is O=C(NCc1ccc(-n2cccn2)nc1)c1cnc2nc1NCCCC(O)C(=O)NCCCCCN2. The molecule has 0 radical (unpaired) electrons. The number of aliphatic hydroxyl groups excluding tert-OH is 1. The van der Waals surface area contributed by atoms with Gasteiger partial charge in [-0.1, -0.05) is 6.07 Å². The Hall–Kier alpha value is -4.06. The Balaban J connectivity index is 1.40. The second-order valence-electron chi connectivity index (χ2n) is 8.48. The lowest BCUT2D eigenvalue weighted by atomic mass is 10.1. The van der Waals surface area contributed by atoms with Crippen LogP contribution in [0.2, 0.25) is 0 Å². The maximum absolute atomic E-state index is 13.0.